The number of carbonyl (C=O) groups excluding carboxylic acids is 2. The zero-order valence-corrected chi connectivity index (χ0v) is 36.4. The number of benzene rings is 4. The van der Waals surface area contributed by atoms with E-state index in [4.69, 9.17) is 4.74 Å². The van der Waals surface area contributed by atoms with Gasteiger partial charge >= 0.3 is 6.03 Å². The number of ketones is 1. The van der Waals surface area contributed by atoms with Crippen LogP contribution in [0.3, 0.4) is 0 Å². The number of nitrogens with zero attached hydrogens (tertiary/aromatic N) is 1. The zero-order chi connectivity index (χ0) is 42.4. The molecule has 2 amide bonds. The van der Waals surface area contributed by atoms with Gasteiger partial charge in [0.05, 0.1) is 25.4 Å². The van der Waals surface area contributed by atoms with Gasteiger partial charge in [0.2, 0.25) is 0 Å². The van der Waals surface area contributed by atoms with Gasteiger partial charge in [-0.3, -0.25) is 4.79 Å². The molecule has 6 bridgehead atoms. The number of allylic oxidation sites excluding steroid dienone is 2. The highest BCUT2D eigenvalue weighted by Crippen LogP contribution is 2.62. The Kier molecular flexibility index (Phi) is 11.5. The van der Waals surface area contributed by atoms with Crippen molar-refractivity contribution in [1.82, 2.24) is 4.90 Å². The van der Waals surface area contributed by atoms with Crippen LogP contribution in [0.4, 0.5) is 10.5 Å². The number of hydrogen-bond acceptors (Lipinski definition) is 5. The molecule has 3 N–H and O–H groups in total. The Morgan fingerprint density at radius 1 is 0.820 bits per heavy atom. The molecule has 0 unspecified atom stereocenters. The zero-order valence-electron chi connectivity index (χ0n) is 36.4. The van der Waals surface area contributed by atoms with Crippen LogP contribution in [0.1, 0.15) is 124 Å². The molecule has 61 heavy (non-hydrogen) atoms. The minimum Gasteiger partial charge on any atom is -0.497 e. The highest BCUT2D eigenvalue weighted by Gasteiger charge is 2.59. The largest absolute Gasteiger partial charge is 0.497 e. The maximum absolute atomic E-state index is 15.2. The van der Waals surface area contributed by atoms with Crippen molar-refractivity contribution >= 4 is 17.5 Å². The molecule has 11 rings (SSSR count). The van der Waals surface area contributed by atoms with Gasteiger partial charge in [0.1, 0.15) is 5.75 Å². The van der Waals surface area contributed by atoms with Crippen LogP contribution in [0.2, 0.25) is 0 Å². The number of anilines is 1. The van der Waals surface area contributed by atoms with Crippen molar-refractivity contribution in [2.75, 3.05) is 25.5 Å². The number of aliphatic hydroxyl groups is 2. The second kappa shape index (κ2) is 16.9. The quantitative estimate of drug-likeness (QED) is 0.115. The highest BCUT2D eigenvalue weighted by molar-refractivity contribution is 6.14. The molecule has 7 nitrogen and oxygen atoms in total. The number of ether oxygens (including phenoxy) is 1. The summed E-state index contributed by atoms with van der Waals surface area (Å²) >= 11 is 0. The minimum absolute atomic E-state index is 0.0475. The first-order valence-corrected chi connectivity index (χ1v) is 23.0. The van der Waals surface area contributed by atoms with Crippen LogP contribution in [0, 0.1) is 28.6 Å². The number of fused-ring (bicyclic) bond motifs is 8. The van der Waals surface area contributed by atoms with Gasteiger partial charge in [-0.2, -0.15) is 0 Å². The van der Waals surface area contributed by atoms with Crippen molar-refractivity contribution in [3.05, 3.63) is 131 Å². The van der Waals surface area contributed by atoms with Crippen LogP contribution in [0.5, 0.6) is 5.75 Å². The minimum atomic E-state index is -1.23. The number of carbonyl (C=O) groups is 2. The number of hydrogen-bond donors (Lipinski definition) is 3. The number of methoxy groups -OCH3 is 1. The van der Waals surface area contributed by atoms with Crippen molar-refractivity contribution in [2.24, 2.45) is 28.6 Å². The van der Waals surface area contributed by atoms with Crippen molar-refractivity contribution in [3.63, 3.8) is 0 Å². The van der Waals surface area contributed by atoms with Crippen LogP contribution in [0.15, 0.2) is 109 Å². The summed E-state index contributed by atoms with van der Waals surface area (Å²) in [5.41, 5.74) is 5.12. The van der Waals surface area contributed by atoms with Crippen LogP contribution < -0.4 is 10.1 Å². The maximum Gasteiger partial charge on any atom is 0.321 e. The molecule has 4 atom stereocenters. The topological polar surface area (TPSA) is 99.1 Å². The summed E-state index contributed by atoms with van der Waals surface area (Å²) in [6.07, 6.45) is 13.7. The first-order valence-electron chi connectivity index (χ1n) is 23.0. The van der Waals surface area contributed by atoms with Gasteiger partial charge in [-0.25, -0.2) is 4.79 Å². The molecule has 4 aromatic rings. The molecule has 7 aliphatic carbocycles. The second-order valence-corrected chi connectivity index (χ2v) is 20.1. The third-order valence-corrected chi connectivity index (χ3v) is 15.9. The lowest BCUT2D eigenvalue weighted by Gasteiger charge is -2.58. The number of rotatable bonds is 9. The molecule has 0 aromatic heterocycles. The molecule has 320 valence electrons. The summed E-state index contributed by atoms with van der Waals surface area (Å²) < 4.78 is 5.41. The van der Waals surface area contributed by atoms with E-state index in [2.05, 4.69) is 37.4 Å². The van der Waals surface area contributed by atoms with E-state index >= 15 is 4.79 Å². The lowest BCUT2D eigenvalue weighted by molar-refractivity contribution is -0.0975. The maximum atomic E-state index is 15.2. The van der Waals surface area contributed by atoms with Crippen LogP contribution in [-0.4, -0.2) is 58.8 Å². The molecule has 0 heterocycles. The highest BCUT2D eigenvalue weighted by atomic mass is 16.5. The van der Waals surface area contributed by atoms with Gasteiger partial charge in [-0.05, 0) is 172 Å². The lowest BCUT2D eigenvalue weighted by atomic mass is 9.49. The van der Waals surface area contributed by atoms with Crippen molar-refractivity contribution < 1.29 is 24.5 Å². The molecule has 5 saturated carbocycles. The summed E-state index contributed by atoms with van der Waals surface area (Å²) in [6.45, 7) is 5.23. The van der Waals surface area contributed by atoms with Gasteiger partial charge in [-0.1, -0.05) is 85.3 Å². The first-order chi connectivity index (χ1) is 29.4. The molecule has 7 heteroatoms. The van der Waals surface area contributed by atoms with Gasteiger partial charge in [0, 0.05) is 28.8 Å². The molecular weight excluding hydrogens is 757 g/mol. The van der Waals surface area contributed by atoms with E-state index in [9.17, 15) is 15.0 Å². The monoisotopic (exact) mass is 820 g/mol. The Hall–Kier alpha value is -4.72. The SMILES string of the molecule is COc1ccc(NC(=O)N(CC23CC4CC(CC(C4)C2)C3)C[C@]2(O)CC[C@H]3c4ccc(cc4C(=O)c4ccccc4-c4ccccc4)C[C@@H](O)CCC(C)=CCC[C@@]32C)cc1. The van der Waals surface area contributed by atoms with Crippen molar-refractivity contribution in [3.8, 4) is 16.9 Å². The molecule has 0 radical (unpaired) electrons. The lowest BCUT2D eigenvalue weighted by Crippen LogP contribution is -2.58. The summed E-state index contributed by atoms with van der Waals surface area (Å²) in [4.78, 5) is 32.0. The van der Waals surface area contributed by atoms with E-state index in [0.717, 1.165) is 77.9 Å². The Labute approximate surface area is 362 Å². The number of nitrogens with one attached hydrogen (secondary N) is 1. The standard InChI is InChI=1S/C54H64N2O5/c1-36-10-9-24-52(2)49(46-22-16-37(29-43(57)19-15-36)30-48(46)50(58)47-14-8-7-13-45(47)41-11-5-4-6-12-41)23-25-54(52,60)35-56(51(59)55-42-17-20-44(61-3)21-18-42)34-53-31-38-26-39(32-53)28-40(27-38)33-53/h4-8,10-14,16-18,20-22,30,38-40,43,49,57,60H,9,15,19,23-29,31-35H2,1-3H3,(H,55,59)/t38?,39?,40?,43-,49-,52-,53?,54+/m0/s1. The third kappa shape index (κ3) is 8.33. The number of aliphatic hydroxyl groups excluding tert-OH is 1. The van der Waals surface area contributed by atoms with Crippen molar-refractivity contribution in [2.45, 2.75) is 115 Å². The van der Waals surface area contributed by atoms with Crippen LogP contribution in [-0.2, 0) is 6.42 Å². The van der Waals surface area contributed by atoms with Crippen molar-refractivity contribution in [1.29, 1.82) is 0 Å². The first kappa shape index (κ1) is 41.6. The number of amides is 2. The van der Waals surface area contributed by atoms with E-state index in [0.29, 0.717) is 55.5 Å². The fourth-order valence-corrected chi connectivity index (χ4v) is 13.2. The van der Waals surface area contributed by atoms with Crippen LogP contribution in [0.25, 0.3) is 11.1 Å². The second-order valence-electron chi connectivity index (χ2n) is 20.1. The Morgan fingerprint density at radius 2 is 1.51 bits per heavy atom. The average Bonchev–Trinajstić information content (AvgIpc) is 3.50. The molecular formula is C54H64N2O5. The van der Waals surface area contributed by atoms with E-state index < -0.39 is 17.1 Å². The fourth-order valence-electron chi connectivity index (χ4n) is 13.2. The Morgan fingerprint density at radius 3 is 2.21 bits per heavy atom. The predicted molar refractivity (Wildman–Crippen MR) is 243 cm³/mol. The number of urea groups is 1. The van der Waals surface area contributed by atoms with E-state index in [1.54, 1.807) is 7.11 Å². The molecule has 7 aliphatic rings. The average molecular weight is 821 g/mol. The predicted octanol–water partition coefficient (Wildman–Crippen LogP) is 11.4. The van der Waals surface area contributed by atoms with Crippen LogP contribution >= 0.6 is 0 Å². The summed E-state index contributed by atoms with van der Waals surface area (Å²) in [5, 5.41) is 28.0. The smallest absolute Gasteiger partial charge is 0.321 e. The van der Waals surface area contributed by atoms with Gasteiger partial charge in [0.15, 0.2) is 5.78 Å². The molecule has 0 spiro atoms. The van der Waals surface area contributed by atoms with Gasteiger partial charge in [0.25, 0.3) is 0 Å². The molecule has 4 aromatic carbocycles. The Balaban J connectivity index is 1.11. The molecule has 0 saturated heterocycles. The van der Waals surface area contributed by atoms with E-state index in [1.165, 1.54) is 24.8 Å². The van der Waals surface area contributed by atoms with E-state index in [-0.39, 0.29) is 29.7 Å². The van der Waals surface area contributed by atoms with Gasteiger partial charge < -0.3 is 25.2 Å². The fraction of sp³-hybridized carbons (Fsp3) is 0.481. The van der Waals surface area contributed by atoms with Gasteiger partial charge in [-0.15, -0.1) is 0 Å². The third-order valence-electron chi connectivity index (χ3n) is 15.9. The molecule has 5 fully saturated rings. The summed E-state index contributed by atoms with van der Waals surface area (Å²) in [7, 11) is 1.64. The summed E-state index contributed by atoms with van der Waals surface area (Å²) in [5.74, 6) is 2.73. The van der Waals surface area contributed by atoms with E-state index in [1.807, 2.05) is 89.8 Å². The molecule has 0 aliphatic heterocycles. The normalized spacial score (nSPS) is 30.6. The Bertz CT molecular complexity index is 2230. The summed E-state index contributed by atoms with van der Waals surface area (Å²) in [6, 6.07) is 31.5.